The molecule has 0 N–H and O–H groups in total. The quantitative estimate of drug-likeness (QED) is 0.627. The Morgan fingerprint density at radius 3 is 2.23 bits per heavy atom. The standard InChI is InChI=1S/C21H35N3O2/c1-22-11-13-23(14-12-22)9-2-4-20-5-7-21(8-6-20)26-17-3-10-24-15-18-25-19-16-24/h5-8H,2-4,9-19H2,1H3. The highest BCUT2D eigenvalue weighted by Crippen LogP contribution is 2.14. The maximum Gasteiger partial charge on any atom is 0.119 e. The third-order valence-electron chi connectivity index (χ3n) is 5.45. The Morgan fingerprint density at radius 1 is 0.846 bits per heavy atom. The maximum absolute atomic E-state index is 5.89. The van der Waals surface area contributed by atoms with Crippen molar-refractivity contribution in [2.75, 3.05) is 79.2 Å². The zero-order valence-electron chi connectivity index (χ0n) is 16.4. The van der Waals surface area contributed by atoms with Gasteiger partial charge in [0, 0.05) is 45.8 Å². The number of benzene rings is 1. The predicted octanol–water partition coefficient (Wildman–Crippen LogP) is 1.97. The van der Waals surface area contributed by atoms with Crippen LogP contribution in [0.2, 0.25) is 0 Å². The molecule has 5 nitrogen and oxygen atoms in total. The number of piperazine rings is 1. The smallest absolute Gasteiger partial charge is 0.119 e. The molecule has 3 rings (SSSR count). The van der Waals surface area contributed by atoms with Crippen LogP contribution in [-0.2, 0) is 11.2 Å². The summed E-state index contributed by atoms with van der Waals surface area (Å²) in [5.41, 5.74) is 1.42. The summed E-state index contributed by atoms with van der Waals surface area (Å²) in [6.45, 7) is 11.8. The van der Waals surface area contributed by atoms with Crippen LogP contribution in [0.15, 0.2) is 24.3 Å². The molecule has 5 heteroatoms. The van der Waals surface area contributed by atoms with Gasteiger partial charge in [-0.15, -0.1) is 0 Å². The second-order valence-corrected chi connectivity index (χ2v) is 7.55. The third-order valence-corrected chi connectivity index (χ3v) is 5.45. The van der Waals surface area contributed by atoms with Crippen LogP contribution in [-0.4, -0.2) is 93.9 Å². The Labute approximate surface area is 158 Å². The van der Waals surface area contributed by atoms with Gasteiger partial charge in [-0.1, -0.05) is 12.1 Å². The van der Waals surface area contributed by atoms with E-state index in [1.54, 1.807) is 0 Å². The number of nitrogens with zero attached hydrogens (tertiary/aromatic N) is 3. The van der Waals surface area contributed by atoms with Crippen LogP contribution < -0.4 is 4.74 Å². The van der Waals surface area contributed by atoms with Gasteiger partial charge in [0.2, 0.25) is 0 Å². The highest BCUT2D eigenvalue weighted by atomic mass is 16.5. The number of hydrogen-bond donors (Lipinski definition) is 0. The number of ether oxygens (including phenoxy) is 2. The van der Waals surface area contributed by atoms with E-state index in [0.717, 1.165) is 58.0 Å². The first-order valence-corrected chi connectivity index (χ1v) is 10.2. The lowest BCUT2D eigenvalue weighted by atomic mass is 10.1. The molecule has 0 aliphatic carbocycles. The van der Waals surface area contributed by atoms with Gasteiger partial charge in [0.1, 0.15) is 5.75 Å². The summed E-state index contributed by atoms with van der Waals surface area (Å²) < 4.78 is 11.3. The van der Waals surface area contributed by atoms with E-state index in [1.807, 2.05) is 0 Å². The zero-order chi connectivity index (χ0) is 18.0. The Morgan fingerprint density at radius 2 is 1.50 bits per heavy atom. The summed E-state index contributed by atoms with van der Waals surface area (Å²) in [4.78, 5) is 7.46. The fourth-order valence-corrected chi connectivity index (χ4v) is 3.63. The third kappa shape index (κ3) is 6.88. The molecule has 0 bridgehead atoms. The Kier molecular flexibility index (Phi) is 8.21. The summed E-state index contributed by atoms with van der Waals surface area (Å²) in [6.07, 6.45) is 3.47. The topological polar surface area (TPSA) is 28.2 Å². The van der Waals surface area contributed by atoms with Crippen molar-refractivity contribution < 1.29 is 9.47 Å². The van der Waals surface area contributed by atoms with E-state index in [4.69, 9.17) is 9.47 Å². The van der Waals surface area contributed by atoms with Crippen LogP contribution in [0.5, 0.6) is 5.75 Å². The zero-order valence-corrected chi connectivity index (χ0v) is 16.4. The van der Waals surface area contributed by atoms with E-state index in [9.17, 15) is 0 Å². The van der Waals surface area contributed by atoms with Crippen LogP contribution >= 0.6 is 0 Å². The number of morpholine rings is 1. The number of hydrogen-bond acceptors (Lipinski definition) is 5. The predicted molar refractivity (Wildman–Crippen MR) is 106 cm³/mol. The van der Waals surface area contributed by atoms with Crippen molar-refractivity contribution in [3.63, 3.8) is 0 Å². The molecule has 0 amide bonds. The van der Waals surface area contributed by atoms with Crippen molar-refractivity contribution >= 4 is 0 Å². The van der Waals surface area contributed by atoms with Gasteiger partial charge in [0.25, 0.3) is 0 Å². The molecule has 26 heavy (non-hydrogen) atoms. The van der Waals surface area contributed by atoms with Gasteiger partial charge in [-0.25, -0.2) is 0 Å². The maximum atomic E-state index is 5.89. The van der Waals surface area contributed by atoms with Crippen molar-refractivity contribution in [1.29, 1.82) is 0 Å². The summed E-state index contributed by atoms with van der Waals surface area (Å²) in [5.74, 6) is 0.995. The Hall–Kier alpha value is -1.14. The summed E-state index contributed by atoms with van der Waals surface area (Å²) in [6, 6.07) is 8.70. The normalized spacial score (nSPS) is 20.3. The molecule has 1 aromatic rings. The first kappa shape index (κ1) is 19.6. The molecule has 0 atom stereocenters. The van der Waals surface area contributed by atoms with Crippen molar-refractivity contribution in [3.8, 4) is 5.75 Å². The monoisotopic (exact) mass is 361 g/mol. The average molecular weight is 362 g/mol. The Bertz CT molecular complexity index is 494. The first-order valence-electron chi connectivity index (χ1n) is 10.2. The molecular weight excluding hydrogens is 326 g/mol. The molecule has 0 saturated carbocycles. The van der Waals surface area contributed by atoms with Gasteiger partial charge >= 0.3 is 0 Å². The second-order valence-electron chi connectivity index (χ2n) is 7.55. The van der Waals surface area contributed by atoms with Crippen molar-refractivity contribution in [2.45, 2.75) is 19.3 Å². The molecule has 2 heterocycles. The first-order chi connectivity index (χ1) is 12.8. The van der Waals surface area contributed by atoms with Crippen LogP contribution in [0.4, 0.5) is 0 Å². The lowest BCUT2D eigenvalue weighted by molar-refractivity contribution is 0.0358. The van der Waals surface area contributed by atoms with Gasteiger partial charge in [0.15, 0.2) is 0 Å². The van der Waals surface area contributed by atoms with Crippen molar-refractivity contribution in [3.05, 3.63) is 29.8 Å². The molecule has 146 valence electrons. The molecular formula is C21H35N3O2. The Balaban J connectivity index is 1.27. The van der Waals surface area contributed by atoms with Crippen LogP contribution in [0, 0.1) is 0 Å². The summed E-state index contributed by atoms with van der Waals surface area (Å²) in [7, 11) is 2.21. The highest BCUT2D eigenvalue weighted by Gasteiger charge is 2.13. The lowest BCUT2D eigenvalue weighted by Gasteiger charge is -2.32. The molecule has 2 saturated heterocycles. The summed E-state index contributed by atoms with van der Waals surface area (Å²) in [5, 5.41) is 0. The fourth-order valence-electron chi connectivity index (χ4n) is 3.63. The molecule has 0 unspecified atom stereocenters. The minimum absolute atomic E-state index is 0.792. The van der Waals surface area contributed by atoms with Crippen molar-refractivity contribution in [1.82, 2.24) is 14.7 Å². The van der Waals surface area contributed by atoms with Crippen LogP contribution in [0.25, 0.3) is 0 Å². The van der Waals surface area contributed by atoms with Gasteiger partial charge in [-0.3, -0.25) is 4.90 Å². The number of likely N-dealkylation sites (N-methyl/N-ethyl adjacent to an activating group) is 1. The molecule has 2 aliphatic rings. The van der Waals surface area contributed by atoms with E-state index in [2.05, 4.69) is 46.0 Å². The lowest BCUT2D eigenvalue weighted by Crippen LogP contribution is -2.44. The number of aryl methyl sites for hydroxylation is 1. The van der Waals surface area contributed by atoms with Gasteiger partial charge in [-0.2, -0.15) is 0 Å². The molecule has 1 aromatic carbocycles. The summed E-state index contributed by atoms with van der Waals surface area (Å²) >= 11 is 0. The van der Waals surface area contributed by atoms with E-state index in [-0.39, 0.29) is 0 Å². The fraction of sp³-hybridized carbons (Fsp3) is 0.714. The molecule has 0 aromatic heterocycles. The molecule has 2 fully saturated rings. The number of rotatable bonds is 9. The minimum Gasteiger partial charge on any atom is -0.494 e. The molecule has 2 aliphatic heterocycles. The molecule has 0 spiro atoms. The van der Waals surface area contributed by atoms with Crippen LogP contribution in [0.1, 0.15) is 18.4 Å². The van der Waals surface area contributed by atoms with Gasteiger partial charge < -0.3 is 19.3 Å². The second kappa shape index (κ2) is 10.9. The van der Waals surface area contributed by atoms with E-state index in [0.29, 0.717) is 0 Å². The van der Waals surface area contributed by atoms with Gasteiger partial charge in [-0.05, 0) is 50.6 Å². The van der Waals surface area contributed by atoms with Crippen LogP contribution in [0.3, 0.4) is 0 Å². The van der Waals surface area contributed by atoms with E-state index in [1.165, 1.54) is 44.7 Å². The highest BCUT2D eigenvalue weighted by molar-refractivity contribution is 5.27. The van der Waals surface area contributed by atoms with E-state index < -0.39 is 0 Å². The van der Waals surface area contributed by atoms with Gasteiger partial charge in [0.05, 0.1) is 19.8 Å². The average Bonchev–Trinajstić information content (AvgIpc) is 2.69. The minimum atomic E-state index is 0.792. The SMILES string of the molecule is CN1CCN(CCCc2ccc(OCCCN3CCOCC3)cc2)CC1. The molecule has 0 radical (unpaired) electrons. The van der Waals surface area contributed by atoms with Crippen molar-refractivity contribution in [2.24, 2.45) is 0 Å². The van der Waals surface area contributed by atoms with E-state index >= 15 is 0 Å². The largest absolute Gasteiger partial charge is 0.494 e.